The molecule has 134 valence electrons. The van der Waals surface area contributed by atoms with Crippen LogP contribution in [0.2, 0.25) is 0 Å². The van der Waals surface area contributed by atoms with E-state index in [4.69, 9.17) is 0 Å². The van der Waals surface area contributed by atoms with Crippen LogP contribution in [0.15, 0.2) is 30.3 Å². The number of carboxylic acids is 1. The Morgan fingerprint density at radius 2 is 1.68 bits per heavy atom. The second kappa shape index (κ2) is 6.15. The Bertz CT molecular complexity index is 655. The summed E-state index contributed by atoms with van der Waals surface area (Å²) in [5.74, 6) is 0.281. The van der Waals surface area contributed by atoms with Crippen LogP contribution in [0.3, 0.4) is 0 Å². The van der Waals surface area contributed by atoms with Crippen LogP contribution in [-0.2, 0) is 16.0 Å². The van der Waals surface area contributed by atoms with Crippen LogP contribution in [-0.4, -0.2) is 23.5 Å². The first kappa shape index (κ1) is 16.6. The molecule has 2 atom stereocenters. The van der Waals surface area contributed by atoms with E-state index in [0.29, 0.717) is 24.8 Å². The summed E-state index contributed by atoms with van der Waals surface area (Å²) in [6.07, 6.45) is 6.89. The van der Waals surface area contributed by atoms with Crippen molar-refractivity contribution in [2.45, 2.75) is 51.4 Å². The van der Waals surface area contributed by atoms with Crippen molar-refractivity contribution in [3.8, 4) is 0 Å². The van der Waals surface area contributed by atoms with Gasteiger partial charge >= 0.3 is 5.97 Å². The smallest absolute Gasteiger partial charge is 0.309 e. The molecule has 4 heteroatoms. The van der Waals surface area contributed by atoms with Crippen molar-refractivity contribution < 1.29 is 14.7 Å². The molecule has 2 N–H and O–H groups in total. The van der Waals surface area contributed by atoms with Gasteiger partial charge < -0.3 is 10.4 Å². The summed E-state index contributed by atoms with van der Waals surface area (Å²) in [5.41, 5.74) is 0.233. The highest BCUT2D eigenvalue weighted by Gasteiger charge is 2.63. The van der Waals surface area contributed by atoms with E-state index in [1.165, 1.54) is 5.56 Å². The largest absolute Gasteiger partial charge is 0.481 e. The first-order chi connectivity index (χ1) is 12.0. The van der Waals surface area contributed by atoms with Crippen molar-refractivity contribution in [2.24, 2.45) is 22.7 Å². The average molecular weight is 341 g/mol. The maximum Gasteiger partial charge on any atom is 0.309 e. The molecule has 1 aromatic carbocycles. The van der Waals surface area contributed by atoms with Crippen LogP contribution in [0.4, 0.5) is 0 Å². The van der Waals surface area contributed by atoms with E-state index < -0.39 is 16.8 Å². The van der Waals surface area contributed by atoms with E-state index in [2.05, 4.69) is 17.4 Å². The number of rotatable bonds is 6. The molecule has 4 saturated carbocycles. The van der Waals surface area contributed by atoms with Crippen molar-refractivity contribution >= 4 is 11.9 Å². The van der Waals surface area contributed by atoms with Crippen molar-refractivity contribution in [3.63, 3.8) is 0 Å². The Labute approximate surface area is 149 Å². The van der Waals surface area contributed by atoms with Crippen molar-refractivity contribution in [1.29, 1.82) is 0 Å². The van der Waals surface area contributed by atoms with E-state index in [1.54, 1.807) is 0 Å². The Hall–Kier alpha value is -1.84. The van der Waals surface area contributed by atoms with E-state index in [1.807, 2.05) is 18.2 Å². The van der Waals surface area contributed by atoms with Gasteiger partial charge in [0.25, 0.3) is 0 Å². The van der Waals surface area contributed by atoms with Gasteiger partial charge in [0.2, 0.25) is 5.91 Å². The van der Waals surface area contributed by atoms with Crippen LogP contribution >= 0.6 is 0 Å². The maximum atomic E-state index is 13.0. The van der Waals surface area contributed by atoms with Gasteiger partial charge in [-0.2, -0.15) is 0 Å². The number of amides is 1. The molecule has 25 heavy (non-hydrogen) atoms. The van der Waals surface area contributed by atoms with Gasteiger partial charge in [0.1, 0.15) is 0 Å². The Balaban J connectivity index is 1.37. The molecule has 1 amide bonds. The van der Waals surface area contributed by atoms with Crippen molar-refractivity contribution in [3.05, 3.63) is 35.9 Å². The molecule has 4 nitrogen and oxygen atoms in total. The van der Waals surface area contributed by atoms with Gasteiger partial charge in [-0.15, -0.1) is 0 Å². The number of carbonyl (C=O) groups excluding carboxylic acids is 1. The molecule has 0 aromatic heterocycles. The van der Waals surface area contributed by atoms with Crippen molar-refractivity contribution in [2.75, 3.05) is 6.54 Å². The van der Waals surface area contributed by atoms with Crippen LogP contribution in [0, 0.1) is 22.7 Å². The van der Waals surface area contributed by atoms with Crippen LogP contribution < -0.4 is 5.32 Å². The summed E-state index contributed by atoms with van der Waals surface area (Å²) in [6, 6.07) is 10.3. The molecular weight excluding hydrogens is 314 g/mol. The van der Waals surface area contributed by atoms with Gasteiger partial charge in [0.15, 0.2) is 0 Å². The molecule has 4 aliphatic rings. The SMILES string of the molecule is O=C(O)C12CC3CC(C1)CC(C(=O)NCCCc1ccccc1)(C3)C2. The van der Waals surface area contributed by atoms with Crippen LogP contribution in [0.25, 0.3) is 0 Å². The Morgan fingerprint density at radius 3 is 2.32 bits per heavy atom. The van der Waals surface area contributed by atoms with Gasteiger partial charge in [-0.25, -0.2) is 0 Å². The second-order valence-corrected chi connectivity index (χ2v) is 8.67. The van der Waals surface area contributed by atoms with E-state index in [-0.39, 0.29) is 5.91 Å². The number of carboxylic acid groups (broad SMARTS) is 1. The highest BCUT2D eigenvalue weighted by atomic mass is 16.4. The second-order valence-electron chi connectivity index (χ2n) is 8.67. The number of aliphatic carboxylic acids is 1. The fourth-order valence-corrected chi connectivity index (χ4v) is 6.11. The summed E-state index contributed by atoms with van der Waals surface area (Å²) in [5, 5.41) is 12.9. The molecule has 5 rings (SSSR count). The molecule has 4 aliphatic carbocycles. The van der Waals surface area contributed by atoms with Gasteiger partial charge in [0.05, 0.1) is 10.8 Å². The summed E-state index contributed by atoms with van der Waals surface area (Å²) in [6.45, 7) is 0.672. The number of aryl methyl sites for hydroxylation is 1. The topological polar surface area (TPSA) is 66.4 Å². The molecule has 0 aliphatic heterocycles. The minimum Gasteiger partial charge on any atom is -0.481 e. The minimum absolute atomic E-state index is 0.111. The fraction of sp³-hybridized carbons (Fsp3) is 0.619. The zero-order valence-corrected chi connectivity index (χ0v) is 14.7. The molecule has 4 bridgehead atoms. The standard InChI is InChI=1S/C21H27NO3/c23-18(22-8-4-7-15-5-2-1-3-6-15)20-10-16-9-17(11-20)13-21(12-16,14-20)19(24)25/h1-3,5-6,16-17H,4,7-14H2,(H,22,23)(H,24,25). The van der Waals surface area contributed by atoms with Crippen molar-refractivity contribution in [1.82, 2.24) is 5.32 Å². The molecule has 0 heterocycles. The zero-order valence-electron chi connectivity index (χ0n) is 14.7. The summed E-state index contributed by atoms with van der Waals surface area (Å²) in [4.78, 5) is 24.9. The van der Waals surface area contributed by atoms with E-state index >= 15 is 0 Å². The third-order valence-electron chi connectivity index (χ3n) is 6.77. The Kier molecular flexibility index (Phi) is 4.09. The molecule has 0 spiro atoms. The number of hydrogen-bond donors (Lipinski definition) is 2. The third kappa shape index (κ3) is 2.96. The lowest BCUT2D eigenvalue weighted by Crippen LogP contribution is -2.59. The average Bonchev–Trinajstić information content (AvgIpc) is 2.58. The molecule has 1 aromatic rings. The monoisotopic (exact) mass is 341 g/mol. The predicted molar refractivity (Wildman–Crippen MR) is 95.0 cm³/mol. The molecule has 0 radical (unpaired) electrons. The van der Waals surface area contributed by atoms with Gasteiger partial charge in [-0.1, -0.05) is 30.3 Å². The molecule has 0 saturated heterocycles. The lowest BCUT2D eigenvalue weighted by molar-refractivity contribution is -0.179. The van der Waals surface area contributed by atoms with Gasteiger partial charge in [-0.05, 0) is 68.8 Å². The van der Waals surface area contributed by atoms with E-state index in [9.17, 15) is 14.7 Å². The Morgan fingerprint density at radius 1 is 1.04 bits per heavy atom. The number of nitrogens with one attached hydrogen (secondary N) is 1. The summed E-state index contributed by atoms with van der Waals surface area (Å²) in [7, 11) is 0. The lowest BCUT2D eigenvalue weighted by Gasteiger charge is -2.59. The zero-order chi connectivity index (χ0) is 17.5. The number of benzene rings is 1. The van der Waals surface area contributed by atoms with Gasteiger partial charge in [0, 0.05) is 6.54 Å². The fourth-order valence-electron chi connectivity index (χ4n) is 6.11. The minimum atomic E-state index is -0.678. The summed E-state index contributed by atoms with van der Waals surface area (Å²) >= 11 is 0. The maximum absolute atomic E-state index is 13.0. The highest BCUT2D eigenvalue weighted by molar-refractivity contribution is 5.85. The molecular formula is C21H27NO3. The first-order valence-corrected chi connectivity index (χ1v) is 9.57. The van der Waals surface area contributed by atoms with Gasteiger partial charge in [-0.3, -0.25) is 9.59 Å². The normalized spacial score (nSPS) is 35.5. The van der Waals surface area contributed by atoms with E-state index in [0.717, 1.165) is 44.9 Å². The summed E-state index contributed by atoms with van der Waals surface area (Å²) < 4.78 is 0. The quantitative estimate of drug-likeness (QED) is 0.779. The van der Waals surface area contributed by atoms with Crippen LogP contribution in [0.1, 0.15) is 50.5 Å². The predicted octanol–water partition coefficient (Wildman–Crippen LogP) is 3.41. The first-order valence-electron chi connectivity index (χ1n) is 9.57. The number of carbonyl (C=O) groups is 2. The molecule has 2 unspecified atom stereocenters. The van der Waals surface area contributed by atoms with Crippen LogP contribution in [0.5, 0.6) is 0 Å². The third-order valence-corrected chi connectivity index (χ3v) is 6.77. The highest BCUT2D eigenvalue weighted by Crippen LogP contribution is 2.65. The number of hydrogen-bond acceptors (Lipinski definition) is 2. The lowest BCUT2D eigenvalue weighted by atomic mass is 9.44. The molecule has 4 fully saturated rings.